The highest BCUT2D eigenvalue weighted by Gasteiger charge is 2.32. The van der Waals surface area contributed by atoms with Crippen molar-refractivity contribution >= 4 is 5.96 Å². The number of rotatable bonds is 8. The van der Waals surface area contributed by atoms with Gasteiger partial charge in [0.25, 0.3) is 0 Å². The van der Waals surface area contributed by atoms with E-state index in [2.05, 4.69) is 15.6 Å². The number of hydrogen-bond acceptors (Lipinski definition) is 3. The van der Waals surface area contributed by atoms with Crippen molar-refractivity contribution in [3.05, 3.63) is 0 Å². The third-order valence-corrected chi connectivity index (χ3v) is 3.86. The molecule has 8 heteroatoms. The smallest absolute Gasteiger partial charge is 0.383 e. The maximum Gasteiger partial charge on any atom is 0.401 e. The molecule has 5 nitrogen and oxygen atoms in total. The van der Waals surface area contributed by atoms with Crippen LogP contribution in [0.4, 0.5) is 13.2 Å². The van der Waals surface area contributed by atoms with Gasteiger partial charge in [0.15, 0.2) is 5.96 Å². The zero-order valence-electron chi connectivity index (χ0n) is 14.1. The van der Waals surface area contributed by atoms with Crippen molar-refractivity contribution in [3.63, 3.8) is 0 Å². The van der Waals surface area contributed by atoms with E-state index in [4.69, 9.17) is 4.74 Å². The molecule has 0 spiro atoms. The Balaban J connectivity index is 2.25. The predicted octanol–water partition coefficient (Wildman–Crippen LogP) is 1.85. The molecule has 136 valence electrons. The SMILES string of the molecule is CCNC(=NCCC1CCN(CC(F)(F)F)CC1)NCCOC. The van der Waals surface area contributed by atoms with Gasteiger partial charge in [-0.1, -0.05) is 0 Å². The third kappa shape index (κ3) is 9.65. The van der Waals surface area contributed by atoms with E-state index < -0.39 is 12.7 Å². The number of nitrogens with one attached hydrogen (secondary N) is 2. The second kappa shape index (κ2) is 10.7. The van der Waals surface area contributed by atoms with E-state index >= 15 is 0 Å². The van der Waals surface area contributed by atoms with Gasteiger partial charge in [0.1, 0.15) is 0 Å². The molecule has 1 heterocycles. The zero-order valence-corrected chi connectivity index (χ0v) is 14.1. The van der Waals surface area contributed by atoms with Gasteiger partial charge in [0.2, 0.25) is 0 Å². The highest BCUT2D eigenvalue weighted by atomic mass is 19.4. The van der Waals surface area contributed by atoms with Crippen LogP contribution in [0, 0.1) is 5.92 Å². The maximum atomic E-state index is 12.3. The molecular formula is C15H29F3N4O. The molecule has 0 amide bonds. The summed E-state index contributed by atoms with van der Waals surface area (Å²) in [6.07, 6.45) is -1.54. The molecule has 1 fully saturated rings. The summed E-state index contributed by atoms with van der Waals surface area (Å²) in [5.41, 5.74) is 0. The Kier molecular flexibility index (Phi) is 9.31. The molecule has 0 bridgehead atoms. The fourth-order valence-corrected chi connectivity index (χ4v) is 2.66. The van der Waals surface area contributed by atoms with Crippen LogP contribution >= 0.6 is 0 Å². The first-order chi connectivity index (χ1) is 10.9. The maximum absolute atomic E-state index is 12.3. The highest BCUT2D eigenvalue weighted by molar-refractivity contribution is 5.79. The van der Waals surface area contributed by atoms with Crippen LogP contribution in [0.25, 0.3) is 0 Å². The molecule has 0 radical (unpaired) electrons. The lowest BCUT2D eigenvalue weighted by molar-refractivity contribution is -0.148. The number of alkyl halides is 3. The normalized spacial score (nSPS) is 18.2. The molecule has 0 saturated carbocycles. The Bertz CT molecular complexity index is 342. The molecule has 2 N–H and O–H groups in total. The van der Waals surface area contributed by atoms with Crippen molar-refractivity contribution < 1.29 is 17.9 Å². The molecule has 23 heavy (non-hydrogen) atoms. The van der Waals surface area contributed by atoms with Gasteiger partial charge in [-0.3, -0.25) is 9.89 Å². The second-order valence-electron chi connectivity index (χ2n) is 5.80. The van der Waals surface area contributed by atoms with Crippen molar-refractivity contribution in [2.45, 2.75) is 32.4 Å². The quantitative estimate of drug-likeness (QED) is 0.403. The second-order valence-corrected chi connectivity index (χ2v) is 5.80. The van der Waals surface area contributed by atoms with Crippen LogP contribution in [0.1, 0.15) is 26.2 Å². The van der Waals surface area contributed by atoms with Crippen LogP contribution in [0.2, 0.25) is 0 Å². The molecule has 1 saturated heterocycles. The van der Waals surface area contributed by atoms with Crippen LogP contribution in [-0.2, 0) is 4.74 Å². The average Bonchev–Trinajstić information content (AvgIpc) is 2.48. The number of hydrogen-bond donors (Lipinski definition) is 2. The van der Waals surface area contributed by atoms with Gasteiger partial charge in [-0.05, 0) is 45.2 Å². The summed E-state index contributed by atoms with van der Waals surface area (Å²) in [4.78, 5) is 6.00. The molecule has 1 rings (SSSR count). The standard InChI is InChI=1S/C15H29F3N4O/c1-3-19-14(21-8-11-23-2)20-7-4-13-5-9-22(10-6-13)12-15(16,17)18/h13H,3-12H2,1-2H3,(H2,19,20,21). The number of halogens is 3. The van der Waals surface area contributed by atoms with E-state index in [0.29, 0.717) is 38.7 Å². The fourth-order valence-electron chi connectivity index (χ4n) is 2.66. The van der Waals surface area contributed by atoms with Gasteiger partial charge in [-0.2, -0.15) is 13.2 Å². The van der Waals surface area contributed by atoms with Crippen LogP contribution < -0.4 is 10.6 Å². The van der Waals surface area contributed by atoms with Crippen molar-refractivity contribution in [3.8, 4) is 0 Å². The molecule has 1 aliphatic heterocycles. The molecule has 0 aliphatic carbocycles. The molecule has 0 aromatic heterocycles. The highest BCUT2D eigenvalue weighted by Crippen LogP contribution is 2.24. The van der Waals surface area contributed by atoms with Crippen LogP contribution in [0.5, 0.6) is 0 Å². The van der Waals surface area contributed by atoms with Crippen molar-refractivity contribution in [2.75, 3.05) is 53.0 Å². The largest absolute Gasteiger partial charge is 0.401 e. The first-order valence-corrected chi connectivity index (χ1v) is 8.24. The number of aliphatic imine (C=N–C) groups is 1. The van der Waals surface area contributed by atoms with Crippen LogP contribution in [0.15, 0.2) is 4.99 Å². The van der Waals surface area contributed by atoms with E-state index in [1.54, 1.807) is 7.11 Å². The summed E-state index contributed by atoms with van der Waals surface area (Å²) in [7, 11) is 1.65. The first-order valence-electron chi connectivity index (χ1n) is 8.24. The molecule has 1 aliphatic rings. The Morgan fingerprint density at radius 1 is 1.26 bits per heavy atom. The Labute approximate surface area is 136 Å². The van der Waals surface area contributed by atoms with Gasteiger partial charge < -0.3 is 15.4 Å². The summed E-state index contributed by atoms with van der Waals surface area (Å²) in [5.74, 6) is 1.23. The van der Waals surface area contributed by atoms with E-state index in [1.807, 2.05) is 6.92 Å². The average molecular weight is 338 g/mol. The number of methoxy groups -OCH3 is 1. The number of piperidine rings is 1. The van der Waals surface area contributed by atoms with E-state index in [0.717, 1.165) is 31.8 Å². The Hall–Kier alpha value is -1.02. The summed E-state index contributed by atoms with van der Waals surface area (Å²) in [6, 6.07) is 0. The third-order valence-electron chi connectivity index (χ3n) is 3.86. The molecule has 0 aromatic carbocycles. The van der Waals surface area contributed by atoms with Crippen molar-refractivity contribution in [1.29, 1.82) is 0 Å². The number of nitrogens with zero attached hydrogens (tertiary/aromatic N) is 2. The number of ether oxygens (including phenoxy) is 1. The van der Waals surface area contributed by atoms with Crippen molar-refractivity contribution in [2.24, 2.45) is 10.9 Å². The van der Waals surface area contributed by atoms with Gasteiger partial charge in [0, 0.05) is 26.7 Å². The van der Waals surface area contributed by atoms with Gasteiger partial charge >= 0.3 is 6.18 Å². The summed E-state index contributed by atoms with van der Waals surface area (Å²) in [6.45, 7) is 5.05. The van der Waals surface area contributed by atoms with Gasteiger partial charge in [0.05, 0.1) is 13.2 Å². The Morgan fingerprint density at radius 3 is 2.52 bits per heavy atom. The summed E-state index contributed by atoms with van der Waals surface area (Å²) >= 11 is 0. The fraction of sp³-hybridized carbons (Fsp3) is 0.933. The zero-order chi connectivity index (χ0) is 17.1. The molecular weight excluding hydrogens is 309 g/mol. The predicted molar refractivity (Wildman–Crippen MR) is 85.7 cm³/mol. The lowest BCUT2D eigenvalue weighted by Gasteiger charge is -2.32. The van der Waals surface area contributed by atoms with Crippen LogP contribution in [-0.4, -0.2) is 70.0 Å². The summed E-state index contributed by atoms with van der Waals surface area (Å²) in [5, 5.41) is 6.33. The first kappa shape index (κ1) is 20.0. The van der Waals surface area contributed by atoms with E-state index in [-0.39, 0.29) is 0 Å². The van der Waals surface area contributed by atoms with Crippen LogP contribution in [0.3, 0.4) is 0 Å². The molecule has 0 aromatic rings. The monoisotopic (exact) mass is 338 g/mol. The van der Waals surface area contributed by atoms with E-state index in [1.165, 1.54) is 4.90 Å². The number of guanidine groups is 1. The lowest BCUT2D eigenvalue weighted by Crippen LogP contribution is -2.40. The van der Waals surface area contributed by atoms with Gasteiger partial charge in [-0.25, -0.2) is 0 Å². The van der Waals surface area contributed by atoms with Gasteiger partial charge in [-0.15, -0.1) is 0 Å². The van der Waals surface area contributed by atoms with E-state index in [9.17, 15) is 13.2 Å². The molecule has 0 atom stereocenters. The summed E-state index contributed by atoms with van der Waals surface area (Å²) < 4.78 is 42.0. The number of likely N-dealkylation sites (tertiary alicyclic amines) is 1. The minimum absolute atomic E-state index is 0.463. The Morgan fingerprint density at radius 2 is 1.96 bits per heavy atom. The molecule has 0 unspecified atom stereocenters. The minimum atomic E-state index is -4.09. The topological polar surface area (TPSA) is 48.9 Å². The lowest BCUT2D eigenvalue weighted by atomic mass is 9.93. The minimum Gasteiger partial charge on any atom is -0.383 e. The van der Waals surface area contributed by atoms with Crippen molar-refractivity contribution in [1.82, 2.24) is 15.5 Å².